The third-order valence-corrected chi connectivity index (χ3v) is 9.41. The first kappa shape index (κ1) is 23.2. The van der Waals surface area contributed by atoms with E-state index in [4.69, 9.17) is 4.74 Å². The number of pyridine rings is 1. The fourth-order valence-electron chi connectivity index (χ4n) is 5.61. The second kappa shape index (κ2) is 9.95. The van der Waals surface area contributed by atoms with E-state index < -0.39 is 11.4 Å². The topological polar surface area (TPSA) is 66.3 Å². The first-order chi connectivity index (χ1) is 16.0. The Balaban J connectivity index is 1.27. The van der Waals surface area contributed by atoms with Gasteiger partial charge in [-0.25, -0.2) is 0 Å². The van der Waals surface area contributed by atoms with Gasteiger partial charge in [-0.1, -0.05) is 30.3 Å². The van der Waals surface area contributed by atoms with Crippen LogP contribution in [0.2, 0.25) is 0 Å². The zero-order chi connectivity index (χ0) is 22.9. The summed E-state index contributed by atoms with van der Waals surface area (Å²) < 4.78 is 24.4. The molecule has 178 valence electrons. The Morgan fingerprint density at radius 1 is 1.00 bits per heavy atom. The smallest absolute Gasteiger partial charge is 0.254 e. The van der Waals surface area contributed by atoms with Gasteiger partial charge in [0.2, 0.25) is 0 Å². The number of benzene rings is 1. The number of nitrogens with one attached hydrogen (secondary N) is 1. The van der Waals surface area contributed by atoms with Gasteiger partial charge in [-0.05, 0) is 75.5 Å². The Morgan fingerprint density at radius 3 is 2.48 bits per heavy atom. The molecule has 1 N–H and O–H groups in total. The Hall–Kier alpha value is -1.60. The molecule has 2 saturated carbocycles. The summed E-state index contributed by atoms with van der Waals surface area (Å²) in [5.74, 6) is 0.613. The van der Waals surface area contributed by atoms with Gasteiger partial charge < -0.3 is 13.9 Å². The molecule has 1 aromatic heterocycles. The van der Waals surface area contributed by atoms with Crippen LogP contribution in [0.1, 0.15) is 79.3 Å². The van der Waals surface area contributed by atoms with Gasteiger partial charge in [-0.15, -0.1) is 4.72 Å². The highest BCUT2D eigenvalue weighted by Crippen LogP contribution is 2.36. The predicted octanol–water partition coefficient (Wildman–Crippen LogP) is 4.48. The van der Waals surface area contributed by atoms with E-state index in [0.29, 0.717) is 12.5 Å². The predicted molar refractivity (Wildman–Crippen MR) is 133 cm³/mol. The summed E-state index contributed by atoms with van der Waals surface area (Å²) in [6.07, 6.45) is 8.39. The van der Waals surface area contributed by atoms with Crippen molar-refractivity contribution in [1.29, 1.82) is 0 Å². The molecule has 3 atom stereocenters. The Labute approximate surface area is 200 Å². The summed E-state index contributed by atoms with van der Waals surface area (Å²) in [6.45, 7) is 4.58. The Bertz CT molecular complexity index is 1030. The van der Waals surface area contributed by atoms with Crippen LogP contribution in [0.4, 0.5) is 0 Å². The van der Waals surface area contributed by atoms with E-state index in [1.54, 1.807) is 0 Å². The third-order valence-electron chi connectivity index (χ3n) is 7.80. The van der Waals surface area contributed by atoms with E-state index in [-0.39, 0.29) is 29.0 Å². The van der Waals surface area contributed by atoms with Crippen LogP contribution in [-0.4, -0.2) is 33.1 Å². The molecule has 2 fully saturated rings. The maximum atomic E-state index is 13.1. The van der Waals surface area contributed by atoms with Crippen molar-refractivity contribution in [3.05, 3.63) is 69.1 Å². The van der Waals surface area contributed by atoms with Gasteiger partial charge in [-0.3, -0.25) is 4.79 Å². The number of ether oxygens (including phenoxy) is 1. The van der Waals surface area contributed by atoms with Crippen molar-refractivity contribution in [1.82, 2.24) is 9.29 Å². The maximum Gasteiger partial charge on any atom is 0.254 e. The summed E-state index contributed by atoms with van der Waals surface area (Å²) in [5.41, 5.74) is 4.75. The van der Waals surface area contributed by atoms with Crippen molar-refractivity contribution in [3.8, 4) is 0 Å². The van der Waals surface area contributed by atoms with Crippen molar-refractivity contribution in [2.45, 2.75) is 94.6 Å². The minimum Gasteiger partial charge on any atom is -0.598 e. The number of aryl methyl sites for hydroxylation is 3. The monoisotopic (exact) mass is 468 g/mol. The SMILES string of the molecule is Cc1ccccc1C1CCC(OCC2C(N[S+]([O-])C3CC3)CCc3ccc(C)c(=O)n32)CC1. The van der Waals surface area contributed by atoms with Crippen LogP contribution in [0.25, 0.3) is 0 Å². The fraction of sp³-hybridized carbons (Fsp3) is 0.593. The highest BCUT2D eigenvalue weighted by atomic mass is 32.2. The van der Waals surface area contributed by atoms with Crippen LogP contribution in [0.5, 0.6) is 0 Å². The molecular weight excluding hydrogens is 432 g/mol. The lowest BCUT2D eigenvalue weighted by Crippen LogP contribution is -2.50. The molecule has 33 heavy (non-hydrogen) atoms. The highest BCUT2D eigenvalue weighted by Gasteiger charge is 2.40. The number of rotatable bonds is 7. The lowest BCUT2D eigenvalue weighted by atomic mass is 9.81. The summed E-state index contributed by atoms with van der Waals surface area (Å²) in [5, 5.41) is 0.277. The van der Waals surface area contributed by atoms with Crippen molar-refractivity contribution in [3.63, 3.8) is 0 Å². The Morgan fingerprint density at radius 2 is 1.76 bits per heavy atom. The molecule has 0 saturated heterocycles. The molecule has 3 aliphatic rings. The van der Waals surface area contributed by atoms with Gasteiger partial charge in [0.25, 0.3) is 5.56 Å². The van der Waals surface area contributed by atoms with Crippen LogP contribution < -0.4 is 10.3 Å². The summed E-state index contributed by atoms with van der Waals surface area (Å²) >= 11 is -1.03. The molecule has 2 heterocycles. The van der Waals surface area contributed by atoms with Crippen LogP contribution in [0.3, 0.4) is 0 Å². The highest BCUT2D eigenvalue weighted by molar-refractivity contribution is 7.90. The number of hydrogen-bond acceptors (Lipinski definition) is 4. The number of fused-ring (bicyclic) bond motifs is 1. The lowest BCUT2D eigenvalue weighted by Gasteiger charge is -2.37. The van der Waals surface area contributed by atoms with E-state index in [1.807, 2.05) is 17.6 Å². The van der Waals surface area contributed by atoms with E-state index in [9.17, 15) is 9.35 Å². The molecule has 2 aliphatic carbocycles. The van der Waals surface area contributed by atoms with E-state index in [2.05, 4.69) is 42.0 Å². The van der Waals surface area contributed by atoms with Crippen molar-refractivity contribution >= 4 is 11.4 Å². The van der Waals surface area contributed by atoms with Gasteiger partial charge in [0.15, 0.2) is 0 Å². The largest absolute Gasteiger partial charge is 0.598 e. The lowest BCUT2D eigenvalue weighted by molar-refractivity contribution is -0.00173. The Kier molecular flexibility index (Phi) is 6.98. The molecule has 2 aromatic rings. The van der Waals surface area contributed by atoms with Gasteiger partial charge in [0.05, 0.1) is 24.8 Å². The summed E-state index contributed by atoms with van der Waals surface area (Å²) in [4.78, 5) is 13.1. The molecule has 0 bridgehead atoms. The van der Waals surface area contributed by atoms with Gasteiger partial charge in [0.1, 0.15) is 5.25 Å². The average Bonchev–Trinajstić information content (AvgIpc) is 3.67. The quantitative estimate of drug-likeness (QED) is 0.609. The van der Waals surface area contributed by atoms with Crippen LogP contribution >= 0.6 is 0 Å². The van der Waals surface area contributed by atoms with Gasteiger partial charge in [0, 0.05) is 35.5 Å². The van der Waals surface area contributed by atoms with Crippen LogP contribution in [0, 0.1) is 13.8 Å². The summed E-state index contributed by atoms with van der Waals surface area (Å²) in [7, 11) is 0. The number of hydrogen-bond donors (Lipinski definition) is 1. The zero-order valence-corrected chi connectivity index (χ0v) is 20.6. The first-order valence-corrected chi connectivity index (χ1v) is 13.8. The van der Waals surface area contributed by atoms with Gasteiger partial charge in [-0.2, -0.15) is 0 Å². The van der Waals surface area contributed by atoms with E-state index in [0.717, 1.165) is 62.6 Å². The molecule has 5 rings (SSSR count). The average molecular weight is 469 g/mol. The zero-order valence-electron chi connectivity index (χ0n) is 19.8. The normalized spacial score (nSPS) is 28.3. The molecule has 1 aromatic carbocycles. The van der Waals surface area contributed by atoms with Crippen molar-refractivity contribution in [2.24, 2.45) is 0 Å². The van der Waals surface area contributed by atoms with Crippen molar-refractivity contribution < 1.29 is 9.29 Å². The molecule has 6 heteroatoms. The molecule has 1 aliphatic heterocycles. The molecule has 3 unspecified atom stereocenters. The second-order valence-electron chi connectivity index (χ2n) is 10.2. The minimum atomic E-state index is -1.03. The molecule has 0 spiro atoms. The second-order valence-corrected chi connectivity index (χ2v) is 11.7. The maximum absolute atomic E-state index is 13.1. The fourth-order valence-corrected chi connectivity index (χ4v) is 6.94. The standard InChI is InChI=1S/C27H36N2O3S/c1-18-5-3-4-6-24(18)20-8-12-22(13-9-20)32-17-26-25(28-33(31)23-14-15-23)16-11-21-10-7-19(2)27(30)29(21)26/h3-7,10,20,22-23,25-26,28H,8-9,11-17H2,1-2H3. The van der Waals surface area contributed by atoms with E-state index in [1.165, 1.54) is 11.1 Å². The molecule has 5 nitrogen and oxygen atoms in total. The van der Waals surface area contributed by atoms with Crippen molar-refractivity contribution in [2.75, 3.05) is 6.61 Å². The van der Waals surface area contributed by atoms with Crippen LogP contribution in [-0.2, 0) is 22.5 Å². The number of nitrogens with zero attached hydrogens (tertiary/aromatic N) is 1. The van der Waals surface area contributed by atoms with Gasteiger partial charge >= 0.3 is 0 Å². The van der Waals surface area contributed by atoms with Crippen LogP contribution in [0.15, 0.2) is 41.2 Å². The van der Waals surface area contributed by atoms with E-state index >= 15 is 0 Å². The molecule has 0 radical (unpaired) electrons. The summed E-state index contributed by atoms with van der Waals surface area (Å²) in [6, 6.07) is 12.6. The first-order valence-electron chi connectivity index (χ1n) is 12.6. The minimum absolute atomic E-state index is 0.00161. The number of aromatic nitrogens is 1. The molecule has 0 amide bonds. The third kappa shape index (κ3) is 5.09. The molecular formula is C27H36N2O3S.